The minimum Gasteiger partial charge on any atom is -0.422 e. The van der Waals surface area contributed by atoms with Gasteiger partial charge >= 0.3 is 18.1 Å². The molecule has 16 heteroatoms. The summed E-state index contributed by atoms with van der Waals surface area (Å²) in [5, 5.41) is 4.71. The molecule has 0 aliphatic carbocycles. The summed E-state index contributed by atoms with van der Waals surface area (Å²) in [6.07, 6.45) is -6.19. The van der Waals surface area contributed by atoms with Gasteiger partial charge in [-0.1, -0.05) is 27.2 Å². The molecule has 11 nitrogen and oxygen atoms in total. The lowest BCUT2D eigenvalue weighted by Crippen LogP contribution is -2.54. The third-order valence-electron chi connectivity index (χ3n) is 7.71. The van der Waals surface area contributed by atoms with E-state index < -0.39 is 65.2 Å². The number of nitrogens with one attached hydrogen (secondary N) is 2. The molecule has 47 heavy (non-hydrogen) atoms. The maximum atomic E-state index is 14.6. The van der Waals surface area contributed by atoms with Gasteiger partial charge in [0.25, 0.3) is 11.8 Å². The number of morpholine rings is 1. The number of likely N-dealkylation sites (tertiary alicyclic amines) is 1. The standard InChI is InChI=1S/C31H39F5N4O7/c1-5-7-22(25(47-19(4)41)30(32,33)31(34,35)36)40-13-6-8-23(40)27(43)38-28(44)24(18(2)3)37-26(42)20-9-11-21(12-10-20)29(45)39-14-16-46-17-15-39/h9-12,18,23-24H,5-8,13-17H2,1-4H3,(H,37,42)(H,38,43,44)/b25-22-/t23-,24-/m0/s1. The third-order valence-corrected chi connectivity index (χ3v) is 7.71. The van der Waals surface area contributed by atoms with Crippen LogP contribution >= 0.6 is 0 Å². The lowest BCUT2D eigenvalue weighted by atomic mass is 10.0. The van der Waals surface area contributed by atoms with E-state index in [0.29, 0.717) is 38.8 Å². The van der Waals surface area contributed by atoms with Gasteiger partial charge in [0.2, 0.25) is 17.6 Å². The van der Waals surface area contributed by atoms with Gasteiger partial charge in [-0.2, -0.15) is 22.0 Å². The number of hydrogen-bond acceptors (Lipinski definition) is 8. The largest absolute Gasteiger partial charge is 0.461 e. The Kier molecular flexibility index (Phi) is 12.5. The molecule has 2 N–H and O–H groups in total. The molecule has 2 saturated heterocycles. The zero-order valence-corrected chi connectivity index (χ0v) is 26.5. The summed E-state index contributed by atoms with van der Waals surface area (Å²) in [6.45, 7) is 7.01. The van der Waals surface area contributed by atoms with Crippen LogP contribution in [0.3, 0.4) is 0 Å². The molecule has 0 saturated carbocycles. The van der Waals surface area contributed by atoms with E-state index >= 15 is 0 Å². The van der Waals surface area contributed by atoms with Gasteiger partial charge in [-0.25, -0.2) is 0 Å². The molecule has 3 rings (SSSR count). The first kappa shape index (κ1) is 37.4. The average Bonchev–Trinajstić information content (AvgIpc) is 3.50. The molecule has 2 fully saturated rings. The zero-order chi connectivity index (χ0) is 35.1. The van der Waals surface area contributed by atoms with Gasteiger partial charge in [0.05, 0.1) is 18.9 Å². The summed E-state index contributed by atoms with van der Waals surface area (Å²) in [4.78, 5) is 66.5. The number of ether oxygens (including phenoxy) is 2. The molecule has 0 spiro atoms. The number of amides is 4. The van der Waals surface area contributed by atoms with Crippen molar-refractivity contribution in [3.63, 3.8) is 0 Å². The van der Waals surface area contributed by atoms with Crippen LogP contribution in [-0.2, 0) is 23.9 Å². The summed E-state index contributed by atoms with van der Waals surface area (Å²) in [5.74, 6) is -12.2. The molecule has 2 aliphatic rings. The number of nitrogens with zero attached hydrogens (tertiary/aromatic N) is 2. The number of imide groups is 1. The first-order valence-corrected chi connectivity index (χ1v) is 15.2. The van der Waals surface area contributed by atoms with Crippen molar-refractivity contribution in [2.75, 3.05) is 32.8 Å². The predicted molar refractivity (Wildman–Crippen MR) is 157 cm³/mol. The number of allylic oxidation sites excluding steroid dienone is 2. The summed E-state index contributed by atoms with van der Waals surface area (Å²) in [7, 11) is 0. The molecule has 0 radical (unpaired) electrons. The van der Waals surface area contributed by atoms with Crippen LogP contribution in [0.15, 0.2) is 35.7 Å². The fourth-order valence-corrected chi connectivity index (χ4v) is 5.32. The first-order chi connectivity index (χ1) is 22.0. The number of hydrogen-bond donors (Lipinski definition) is 2. The van der Waals surface area contributed by atoms with E-state index in [1.807, 2.05) is 0 Å². The van der Waals surface area contributed by atoms with E-state index in [0.717, 1.165) is 4.90 Å². The third kappa shape index (κ3) is 9.05. The second-order valence-electron chi connectivity index (χ2n) is 11.6. The van der Waals surface area contributed by atoms with E-state index in [1.54, 1.807) is 18.7 Å². The number of benzene rings is 1. The van der Waals surface area contributed by atoms with Crippen LogP contribution in [0.5, 0.6) is 0 Å². The monoisotopic (exact) mass is 674 g/mol. The zero-order valence-electron chi connectivity index (χ0n) is 26.5. The van der Waals surface area contributed by atoms with Crippen LogP contribution in [-0.4, -0.2) is 96.4 Å². The topological polar surface area (TPSA) is 134 Å². The number of carbonyl (C=O) groups is 5. The lowest BCUT2D eigenvalue weighted by Gasteiger charge is -2.32. The summed E-state index contributed by atoms with van der Waals surface area (Å²) >= 11 is 0. The Morgan fingerprint density at radius 1 is 0.979 bits per heavy atom. The normalized spacial score (nSPS) is 18.4. The first-order valence-electron chi connectivity index (χ1n) is 15.2. The smallest absolute Gasteiger partial charge is 0.422 e. The molecule has 1 aromatic carbocycles. The number of carbonyl (C=O) groups excluding carboxylic acids is 5. The molecule has 2 heterocycles. The summed E-state index contributed by atoms with van der Waals surface area (Å²) in [5.41, 5.74) is -0.178. The van der Waals surface area contributed by atoms with Gasteiger partial charge in [0, 0.05) is 37.7 Å². The number of rotatable bonds is 11. The maximum Gasteiger partial charge on any atom is 0.461 e. The highest BCUT2D eigenvalue weighted by molar-refractivity contribution is 6.03. The lowest BCUT2D eigenvalue weighted by molar-refractivity contribution is -0.276. The Labute approximate surface area is 268 Å². The van der Waals surface area contributed by atoms with E-state index in [4.69, 9.17) is 4.74 Å². The van der Waals surface area contributed by atoms with Crippen LogP contribution in [0.1, 0.15) is 74.1 Å². The summed E-state index contributed by atoms with van der Waals surface area (Å²) < 4.78 is 79.1. The summed E-state index contributed by atoms with van der Waals surface area (Å²) in [6, 6.07) is 3.20. The SMILES string of the molecule is CCC/C(=C(/OC(C)=O)C(F)(F)C(F)(F)F)N1CCC[C@H]1C(=O)NC(=O)[C@@H](NC(=O)c1ccc(C(=O)N2CCOCC2)cc1)C(C)C. The number of alkyl halides is 5. The van der Waals surface area contributed by atoms with Gasteiger partial charge in [-0.05, 0) is 49.4 Å². The Hall–Kier alpha value is -4.08. The van der Waals surface area contributed by atoms with Crippen molar-refractivity contribution in [2.45, 2.75) is 77.6 Å². The van der Waals surface area contributed by atoms with Crippen LogP contribution < -0.4 is 10.6 Å². The van der Waals surface area contributed by atoms with Gasteiger partial charge in [-0.15, -0.1) is 0 Å². The Morgan fingerprint density at radius 2 is 1.57 bits per heavy atom. The van der Waals surface area contributed by atoms with Crippen molar-refractivity contribution >= 4 is 29.6 Å². The van der Waals surface area contributed by atoms with Crippen LogP contribution in [0.4, 0.5) is 22.0 Å². The van der Waals surface area contributed by atoms with Crippen molar-refractivity contribution in [2.24, 2.45) is 5.92 Å². The molecular formula is C31H39F5N4O7. The molecule has 1 aromatic rings. The highest BCUT2D eigenvalue weighted by Crippen LogP contribution is 2.44. The van der Waals surface area contributed by atoms with Crippen molar-refractivity contribution in [1.29, 1.82) is 0 Å². The highest BCUT2D eigenvalue weighted by atomic mass is 19.4. The number of halogens is 5. The van der Waals surface area contributed by atoms with Gasteiger partial charge in [0.15, 0.2) is 0 Å². The number of esters is 1. The predicted octanol–water partition coefficient (Wildman–Crippen LogP) is 3.79. The minimum atomic E-state index is -6.09. The fourth-order valence-electron chi connectivity index (χ4n) is 5.32. The fraction of sp³-hybridized carbons (Fsp3) is 0.581. The molecule has 260 valence electrons. The highest BCUT2D eigenvalue weighted by Gasteiger charge is 2.63. The molecule has 2 aliphatic heterocycles. The van der Waals surface area contributed by atoms with Crippen molar-refractivity contribution in [3.05, 3.63) is 46.8 Å². The van der Waals surface area contributed by atoms with Crippen LogP contribution in [0.25, 0.3) is 0 Å². The van der Waals surface area contributed by atoms with Crippen molar-refractivity contribution in [1.82, 2.24) is 20.4 Å². The van der Waals surface area contributed by atoms with Crippen molar-refractivity contribution < 1.29 is 55.4 Å². The second kappa shape index (κ2) is 15.7. The van der Waals surface area contributed by atoms with E-state index in [-0.39, 0.29) is 43.7 Å². The Bertz CT molecular complexity index is 1360. The second-order valence-corrected chi connectivity index (χ2v) is 11.6. The van der Waals surface area contributed by atoms with Crippen molar-refractivity contribution in [3.8, 4) is 0 Å². The molecule has 2 atom stereocenters. The maximum absolute atomic E-state index is 14.6. The van der Waals surface area contributed by atoms with Gasteiger partial charge in [0.1, 0.15) is 12.1 Å². The minimum absolute atomic E-state index is 0.00545. The van der Waals surface area contributed by atoms with Gasteiger partial charge in [-0.3, -0.25) is 29.3 Å². The average molecular weight is 675 g/mol. The molecular weight excluding hydrogens is 635 g/mol. The molecule has 4 amide bonds. The van der Waals surface area contributed by atoms with E-state index in [2.05, 4.69) is 15.4 Å². The Morgan fingerprint density at radius 3 is 2.11 bits per heavy atom. The van der Waals surface area contributed by atoms with E-state index in [1.165, 1.54) is 31.2 Å². The molecule has 0 unspecified atom stereocenters. The van der Waals surface area contributed by atoms with Crippen LogP contribution in [0.2, 0.25) is 0 Å². The quantitative estimate of drug-likeness (QED) is 0.206. The van der Waals surface area contributed by atoms with E-state index in [9.17, 15) is 45.9 Å². The van der Waals surface area contributed by atoms with Crippen LogP contribution in [0, 0.1) is 5.92 Å². The molecule has 0 bridgehead atoms. The molecule has 0 aromatic heterocycles. The van der Waals surface area contributed by atoms with Gasteiger partial charge < -0.3 is 24.6 Å². The Balaban J connectivity index is 1.78.